The van der Waals surface area contributed by atoms with Crippen LogP contribution in [0.4, 0.5) is 13.2 Å². The van der Waals surface area contributed by atoms with E-state index in [4.69, 9.17) is 0 Å². The Labute approximate surface area is 227 Å². The Bertz CT molecular complexity index is 1870. The molecule has 8 nitrogen and oxygen atoms in total. The van der Waals surface area contributed by atoms with Gasteiger partial charge in [0.2, 0.25) is 0 Å². The van der Waals surface area contributed by atoms with Gasteiger partial charge in [-0.3, -0.25) is 4.79 Å². The highest BCUT2D eigenvalue weighted by atomic mass is 32.2. The number of fused-ring (bicyclic) bond motifs is 1. The fourth-order valence-electron chi connectivity index (χ4n) is 3.90. The number of rotatable bonds is 7. The Hall–Kier alpha value is -4.89. The third-order valence-electron chi connectivity index (χ3n) is 5.88. The van der Waals surface area contributed by atoms with Crippen molar-refractivity contribution in [3.05, 3.63) is 119 Å². The summed E-state index contributed by atoms with van der Waals surface area (Å²) in [5.41, 5.74) is 2.05. The molecule has 3 aromatic heterocycles. The summed E-state index contributed by atoms with van der Waals surface area (Å²) in [7, 11) is -4.10. The topological polar surface area (TPSA) is 98.4 Å². The van der Waals surface area contributed by atoms with Gasteiger partial charge < -0.3 is 9.72 Å². The van der Waals surface area contributed by atoms with Crippen LogP contribution in [0.2, 0.25) is 0 Å². The molecule has 40 heavy (non-hydrogen) atoms. The number of benzene rings is 2. The van der Waals surface area contributed by atoms with Gasteiger partial charge in [-0.05, 0) is 66.2 Å². The largest absolute Gasteiger partial charge is 0.348 e. The van der Waals surface area contributed by atoms with Crippen LogP contribution in [0.5, 0.6) is 0 Å². The maximum atomic E-state index is 13.3. The predicted molar refractivity (Wildman–Crippen MR) is 140 cm³/mol. The van der Waals surface area contributed by atoms with E-state index >= 15 is 0 Å². The second kappa shape index (κ2) is 11.1. The molecule has 0 bridgehead atoms. The minimum Gasteiger partial charge on any atom is -0.348 e. The zero-order chi connectivity index (χ0) is 28.3. The first-order chi connectivity index (χ1) is 19.2. The molecule has 0 aliphatic rings. The molecule has 1 amide bonds. The fourth-order valence-corrected chi connectivity index (χ4v) is 5.31. The van der Waals surface area contributed by atoms with Crippen molar-refractivity contribution in [1.82, 2.24) is 24.5 Å². The summed E-state index contributed by atoms with van der Waals surface area (Å²) in [4.78, 5) is 17.0. The van der Waals surface area contributed by atoms with Crippen LogP contribution in [0.3, 0.4) is 0 Å². The van der Waals surface area contributed by atoms with Crippen LogP contribution in [0.25, 0.3) is 5.65 Å². The van der Waals surface area contributed by atoms with Crippen LogP contribution in [0, 0.1) is 17.7 Å². The maximum absolute atomic E-state index is 13.3. The third kappa shape index (κ3) is 6.05. The Morgan fingerprint density at radius 1 is 0.975 bits per heavy atom. The Kier molecular flexibility index (Phi) is 7.39. The van der Waals surface area contributed by atoms with E-state index in [2.05, 4.69) is 27.2 Å². The highest BCUT2D eigenvalue weighted by Gasteiger charge is 2.22. The molecule has 0 spiro atoms. The number of halogens is 3. The lowest BCUT2D eigenvalue weighted by atomic mass is 10.1. The molecule has 0 radical (unpaired) electrons. The van der Waals surface area contributed by atoms with E-state index in [1.807, 2.05) is 22.7 Å². The number of amides is 1. The first kappa shape index (κ1) is 26.7. The predicted octanol–water partition coefficient (Wildman–Crippen LogP) is 4.37. The maximum Gasteiger partial charge on any atom is 0.333 e. The quantitative estimate of drug-likeness (QED) is 0.297. The number of nitrogens with zero attached hydrogens (tertiary/aromatic N) is 4. The zero-order valence-electron chi connectivity index (χ0n) is 20.6. The Morgan fingerprint density at radius 3 is 2.52 bits per heavy atom. The summed E-state index contributed by atoms with van der Waals surface area (Å²) in [6.45, 7) is -2.71. The first-order valence-corrected chi connectivity index (χ1v) is 13.5. The van der Waals surface area contributed by atoms with E-state index in [-0.39, 0.29) is 28.3 Å². The molecule has 202 valence electrons. The number of carbonyl (C=O) groups excluding carboxylic acids is 1. The smallest absolute Gasteiger partial charge is 0.333 e. The van der Waals surface area contributed by atoms with E-state index in [9.17, 15) is 26.4 Å². The van der Waals surface area contributed by atoms with Gasteiger partial charge >= 0.3 is 6.55 Å². The molecular formula is C28H20F3N5O3S. The number of sulfone groups is 1. The highest BCUT2D eigenvalue weighted by molar-refractivity contribution is 7.90. The van der Waals surface area contributed by atoms with E-state index < -0.39 is 33.9 Å². The lowest BCUT2D eigenvalue weighted by molar-refractivity contribution is 0.0562. The summed E-state index contributed by atoms with van der Waals surface area (Å²) in [5.74, 6) is 3.97. The van der Waals surface area contributed by atoms with Gasteiger partial charge in [-0.1, -0.05) is 11.8 Å². The summed E-state index contributed by atoms with van der Waals surface area (Å²) < 4.78 is 67.8. The van der Waals surface area contributed by atoms with Gasteiger partial charge in [0.05, 0.1) is 16.3 Å². The van der Waals surface area contributed by atoms with Crippen molar-refractivity contribution >= 4 is 21.4 Å². The van der Waals surface area contributed by atoms with Crippen molar-refractivity contribution in [3.63, 3.8) is 0 Å². The van der Waals surface area contributed by atoms with E-state index in [1.54, 1.807) is 12.4 Å². The number of aromatic nitrogens is 4. The number of pyridine rings is 1. The molecule has 5 rings (SSSR count). The second-order valence-electron chi connectivity index (χ2n) is 8.70. The molecule has 0 aliphatic heterocycles. The van der Waals surface area contributed by atoms with Crippen LogP contribution in [-0.4, -0.2) is 33.5 Å². The minimum atomic E-state index is -4.10. The summed E-state index contributed by atoms with van der Waals surface area (Å²) in [6, 6.07) is 14.1. The van der Waals surface area contributed by atoms with Gasteiger partial charge in [0.15, 0.2) is 9.84 Å². The van der Waals surface area contributed by atoms with E-state index in [0.29, 0.717) is 10.2 Å². The van der Waals surface area contributed by atoms with Gasteiger partial charge in [0.1, 0.15) is 11.5 Å². The van der Waals surface area contributed by atoms with Gasteiger partial charge in [-0.2, -0.15) is 13.9 Å². The number of carbonyl (C=O) groups is 1. The van der Waals surface area contributed by atoms with Crippen molar-refractivity contribution in [2.24, 2.45) is 0 Å². The lowest BCUT2D eigenvalue weighted by Crippen LogP contribution is -2.23. The Morgan fingerprint density at radius 2 is 1.77 bits per heavy atom. The number of imidazole rings is 1. The monoisotopic (exact) mass is 563 g/mol. The standard InChI is InChI=1S/C28H20F3N5O3S/c29-23-6-2-19(3-7-23)1-4-21-16-22(27(37)33-17-20-9-12-35-14-11-32-26(35)15-20)5-8-25(21)40(38,39)18-24-10-13-36(34-24)28(30)31/h2-3,5-16,28H,17-18H2,(H,33,37). The average molecular weight is 564 g/mol. The molecule has 0 atom stereocenters. The summed E-state index contributed by atoms with van der Waals surface area (Å²) in [5, 5.41) is 6.40. The molecule has 12 heteroatoms. The van der Waals surface area contributed by atoms with E-state index in [0.717, 1.165) is 17.4 Å². The normalized spacial score (nSPS) is 11.4. The van der Waals surface area contributed by atoms with Crippen molar-refractivity contribution in [2.45, 2.75) is 23.7 Å². The summed E-state index contributed by atoms with van der Waals surface area (Å²) in [6.07, 6.45) is 6.26. The summed E-state index contributed by atoms with van der Waals surface area (Å²) >= 11 is 0. The molecule has 0 unspecified atom stereocenters. The lowest BCUT2D eigenvalue weighted by Gasteiger charge is -2.10. The van der Waals surface area contributed by atoms with Crippen molar-refractivity contribution in [1.29, 1.82) is 0 Å². The van der Waals surface area contributed by atoms with Crippen LogP contribution in [0.15, 0.2) is 90.3 Å². The molecule has 5 aromatic rings. The third-order valence-corrected chi connectivity index (χ3v) is 7.58. The minimum absolute atomic E-state index is 0.0177. The number of hydrogen-bond acceptors (Lipinski definition) is 5. The molecular weight excluding hydrogens is 543 g/mol. The molecule has 3 heterocycles. The Balaban J connectivity index is 1.44. The molecule has 0 saturated carbocycles. The molecule has 0 saturated heterocycles. The average Bonchev–Trinajstić information content (AvgIpc) is 3.60. The first-order valence-electron chi connectivity index (χ1n) is 11.8. The van der Waals surface area contributed by atoms with E-state index in [1.165, 1.54) is 48.5 Å². The molecule has 2 aromatic carbocycles. The van der Waals surface area contributed by atoms with Gasteiger partial charge in [-0.15, -0.1) is 0 Å². The fraction of sp³-hybridized carbons (Fsp3) is 0.107. The number of hydrogen-bond donors (Lipinski definition) is 1. The number of nitrogens with one attached hydrogen (secondary N) is 1. The van der Waals surface area contributed by atoms with Crippen LogP contribution in [-0.2, 0) is 22.1 Å². The van der Waals surface area contributed by atoms with Crippen molar-refractivity contribution < 1.29 is 26.4 Å². The zero-order valence-corrected chi connectivity index (χ0v) is 21.4. The highest BCUT2D eigenvalue weighted by Crippen LogP contribution is 2.22. The SMILES string of the molecule is O=C(NCc1ccn2ccnc2c1)c1ccc(S(=O)(=O)Cc2ccn(C(F)F)n2)c(C#Cc2ccc(F)cc2)c1. The van der Waals surface area contributed by atoms with Gasteiger partial charge in [0, 0.05) is 48.0 Å². The van der Waals surface area contributed by atoms with Crippen LogP contribution >= 0.6 is 0 Å². The van der Waals surface area contributed by atoms with Crippen molar-refractivity contribution in [3.8, 4) is 11.8 Å². The van der Waals surface area contributed by atoms with Gasteiger partial charge in [-0.25, -0.2) is 22.5 Å². The van der Waals surface area contributed by atoms with Crippen molar-refractivity contribution in [2.75, 3.05) is 0 Å². The second-order valence-corrected chi connectivity index (χ2v) is 10.7. The molecule has 0 aliphatic carbocycles. The molecule has 0 fully saturated rings. The van der Waals surface area contributed by atoms with Crippen LogP contribution in [0.1, 0.15) is 39.3 Å². The molecule has 1 N–H and O–H groups in total. The van der Waals surface area contributed by atoms with Gasteiger partial charge in [0.25, 0.3) is 5.91 Å². The number of alkyl halides is 2. The van der Waals surface area contributed by atoms with Crippen LogP contribution < -0.4 is 5.32 Å².